The van der Waals surface area contributed by atoms with Gasteiger partial charge in [0.25, 0.3) is 0 Å². The molecule has 1 aliphatic heterocycles. The van der Waals surface area contributed by atoms with Crippen molar-refractivity contribution >= 4 is 5.91 Å². The zero-order valence-electron chi connectivity index (χ0n) is 9.12. The Morgan fingerprint density at radius 1 is 1.57 bits per heavy atom. The Morgan fingerprint density at radius 3 is 2.64 bits per heavy atom. The van der Waals surface area contributed by atoms with Crippen molar-refractivity contribution in [3.8, 4) is 0 Å². The van der Waals surface area contributed by atoms with Gasteiger partial charge in [0, 0.05) is 18.5 Å². The lowest BCUT2D eigenvalue weighted by molar-refractivity contribution is -0.118. The van der Waals surface area contributed by atoms with E-state index in [2.05, 4.69) is 17.3 Å². The molecular formula is C10H21N3O. The number of carbonyl (C=O) groups is 1. The van der Waals surface area contributed by atoms with E-state index in [0.717, 1.165) is 13.1 Å². The van der Waals surface area contributed by atoms with Crippen molar-refractivity contribution in [2.45, 2.75) is 38.3 Å². The Labute approximate surface area is 85.8 Å². The molecule has 4 nitrogen and oxygen atoms in total. The molecule has 1 unspecified atom stereocenters. The number of likely N-dealkylation sites (tertiary alicyclic amines) is 1. The number of hydrogen-bond donors (Lipinski definition) is 2. The van der Waals surface area contributed by atoms with Crippen LogP contribution in [0.1, 0.15) is 26.2 Å². The fourth-order valence-corrected chi connectivity index (χ4v) is 1.94. The highest BCUT2D eigenvalue weighted by atomic mass is 16.1. The summed E-state index contributed by atoms with van der Waals surface area (Å²) in [5.41, 5.74) is 5.13. The topological polar surface area (TPSA) is 58.4 Å². The third-order valence-corrected chi connectivity index (χ3v) is 2.75. The van der Waals surface area contributed by atoms with Crippen molar-refractivity contribution in [1.82, 2.24) is 10.2 Å². The largest absolute Gasteiger partial charge is 0.370 e. The average molecular weight is 199 g/mol. The number of piperidine rings is 1. The summed E-state index contributed by atoms with van der Waals surface area (Å²) in [7, 11) is 2.14. The Balaban J connectivity index is 2.20. The lowest BCUT2D eigenvalue weighted by Gasteiger charge is -2.31. The normalized spacial score (nSPS) is 22.1. The fraction of sp³-hybridized carbons (Fsp3) is 0.900. The third kappa shape index (κ3) is 4.07. The van der Waals surface area contributed by atoms with Crippen LogP contribution in [0.15, 0.2) is 0 Å². The van der Waals surface area contributed by atoms with Gasteiger partial charge in [0.15, 0.2) is 0 Å². The molecule has 4 heteroatoms. The molecule has 1 aliphatic rings. The molecule has 0 aromatic heterocycles. The second kappa shape index (κ2) is 5.32. The summed E-state index contributed by atoms with van der Waals surface area (Å²) in [6, 6.07) is 0.765. The molecule has 1 rings (SSSR count). The molecule has 1 atom stereocenters. The summed E-state index contributed by atoms with van der Waals surface area (Å²) >= 11 is 0. The minimum absolute atomic E-state index is 0.209. The first kappa shape index (κ1) is 11.5. The first-order chi connectivity index (χ1) is 6.58. The number of carbonyl (C=O) groups excluding carboxylic acids is 1. The number of nitrogens with two attached hydrogens (primary N) is 1. The summed E-state index contributed by atoms with van der Waals surface area (Å²) < 4.78 is 0. The lowest BCUT2D eigenvalue weighted by Crippen LogP contribution is -2.45. The zero-order chi connectivity index (χ0) is 10.6. The van der Waals surface area contributed by atoms with Crippen LogP contribution in [-0.4, -0.2) is 43.0 Å². The number of hydrogen-bond acceptors (Lipinski definition) is 3. The first-order valence-corrected chi connectivity index (χ1v) is 5.31. The molecule has 14 heavy (non-hydrogen) atoms. The Morgan fingerprint density at radius 2 is 2.14 bits per heavy atom. The van der Waals surface area contributed by atoms with Gasteiger partial charge in [-0.1, -0.05) is 0 Å². The van der Waals surface area contributed by atoms with Gasteiger partial charge < -0.3 is 16.0 Å². The van der Waals surface area contributed by atoms with E-state index < -0.39 is 0 Å². The smallest absolute Gasteiger partial charge is 0.218 e. The van der Waals surface area contributed by atoms with Gasteiger partial charge >= 0.3 is 0 Å². The minimum Gasteiger partial charge on any atom is -0.370 e. The Kier molecular flexibility index (Phi) is 4.35. The van der Waals surface area contributed by atoms with Crippen molar-refractivity contribution in [3.63, 3.8) is 0 Å². The second-order valence-corrected chi connectivity index (χ2v) is 4.32. The van der Waals surface area contributed by atoms with Crippen LogP contribution in [-0.2, 0) is 4.79 Å². The quantitative estimate of drug-likeness (QED) is 0.666. The monoisotopic (exact) mass is 199 g/mol. The van der Waals surface area contributed by atoms with Gasteiger partial charge in [0.1, 0.15) is 0 Å². The van der Waals surface area contributed by atoms with Crippen LogP contribution in [0.5, 0.6) is 0 Å². The van der Waals surface area contributed by atoms with Gasteiger partial charge in [0.05, 0.1) is 0 Å². The van der Waals surface area contributed by atoms with Gasteiger partial charge in [-0.25, -0.2) is 0 Å². The summed E-state index contributed by atoms with van der Waals surface area (Å²) in [5, 5.41) is 3.44. The maximum Gasteiger partial charge on any atom is 0.218 e. The average Bonchev–Trinajstić information content (AvgIpc) is 2.07. The van der Waals surface area contributed by atoms with E-state index in [1.807, 2.05) is 6.92 Å². The van der Waals surface area contributed by atoms with Gasteiger partial charge in [-0.05, 0) is 39.9 Å². The van der Waals surface area contributed by atoms with Crippen LogP contribution >= 0.6 is 0 Å². The van der Waals surface area contributed by atoms with Crippen LogP contribution in [0.25, 0.3) is 0 Å². The summed E-state index contributed by atoms with van der Waals surface area (Å²) in [5.74, 6) is -0.224. The standard InChI is InChI=1S/C10H21N3O/c1-8(7-10(11)14)12-9-3-5-13(2)6-4-9/h8-9,12H,3-7H2,1-2H3,(H2,11,14). The maximum atomic E-state index is 10.7. The number of nitrogens with zero attached hydrogens (tertiary/aromatic N) is 1. The Bertz CT molecular complexity index is 188. The number of amides is 1. The molecule has 0 spiro atoms. The van der Waals surface area contributed by atoms with E-state index in [4.69, 9.17) is 5.73 Å². The molecule has 3 N–H and O–H groups in total. The highest BCUT2D eigenvalue weighted by Crippen LogP contribution is 2.09. The van der Waals surface area contributed by atoms with Gasteiger partial charge in [-0.2, -0.15) is 0 Å². The summed E-state index contributed by atoms with van der Waals surface area (Å²) in [6.07, 6.45) is 2.77. The molecule has 1 amide bonds. The molecule has 1 saturated heterocycles. The highest BCUT2D eigenvalue weighted by Gasteiger charge is 2.18. The fourth-order valence-electron chi connectivity index (χ4n) is 1.94. The van der Waals surface area contributed by atoms with Gasteiger partial charge in [-0.3, -0.25) is 4.79 Å². The van der Waals surface area contributed by atoms with Crippen molar-refractivity contribution in [2.24, 2.45) is 5.73 Å². The number of nitrogens with one attached hydrogen (secondary N) is 1. The molecule has 0 saturated carbocycles. The Hall–Kier alpha value is -0.610. The van der Waals surface area contributed by atoms with Crippen LogP contribution in [0.4, 0.5) is 0 Å². The van der Waals surface area contributed by atoms with Crippen molar-refractivity contribution in [1.29, 1.82) is 0 Å². The number of primary amides is 1. The van der Waals surface area contributed by atoms with E-state index >= 15 is 0 Å². The van der Waals surface area contributed by atoms with E-state index in [1.165, 1.54) is 12.8 Å². The summed E-state index contributed by atoms with van der Waals surface area (Å²) in [6.45, 7) is 4.30. The SMILES string of the molecule is CC(CC(N)=O)NC1CCN(C)CC1. The van der Waals surface area contributed by atoms with E-state index in [-0.39, 0.29) is 11.9 Å². The predicted octanol–water partition coefficient (Wildman–Crippen LogP) is -0.0659. The third-order valence-electron chi connectivity index (χ3n) is 2.75. The van der Waals surface area contributed by atoms with E-state index in [0.29, 0.717) is 12.5 Å². The van der Waals surface area contributed by atoms with Gasteiger partial charge in [-0.15, -0.1) is 0 Å². The molecule has 82 valence electrons. The van der Waals surface area contributed by atoms with Crippen LogP contribution in [0, 0.1) is 0 Å². The summed E-state index contributed by atoms with van der Waals surface area (Å²) in [4.78, 5) is 13.0. The first-order valence-electron chi connectivity index (χ1n) is 5.31. The highest BCUT2D eigenvalue weighted by molar-refractivity contribution is 5.74. The second-order valence-electron chi connectivity index (χ2n) is 4.32. The van der Waals surface area contributed by atoms with Crippen LogP contribution in [0.3, 0.4) is 0 Å². The molecular weight excluding hydrogens is 178 g/mol. The van der Waals surface area contributed by atoms with Crippen molar-refractivity contribution in [3.05, 3.63) is 0 Å². The number of rotatable bonds is 4. The minimum atomic E-state index is -0.224. The van der Waals surface area contributed by atoms with Crippen molar-refractivity contribution in [2.75, 3.05) is 20.1 Å². The molecule has 0 radical (unpaired) electrons. The van der Waals surface area contributed by atoms with Crippen molar-refractivity contribution < 1.29 is 4.79 Å². The van der Waals surface area contributed by atoms with E-state index in [1.54, 1.807) is 0 Å². The predicted molar refractivity (Wildman–Crippen MR) is 56.9 cm³/mol. The molecule has 0 bridgehead atoms. The van der Waals surface area contributed by atoms with Crippen LogP contribution < -0.4 is 11.1 Å². The van der Waals surface area contributed by atoms with E-state index in [9.17, 15) is 4.79 Å². The molecule has 1 heterocycles. The molecule has 1 fully saturated rings. The molecule has 0 aromatic carbocycles. The molecule has 0 aromatic rings. The lowest BCUT2D eigenvalue weighted by atomic mass is 10.0. The molecule has 0 aliphatic carbocycles. The van der Waals surface area contributed by atoms with Crippen LogP contribution in [0.2, 0.25) is 0 Å². The van der Waals surface area contributed by atoms with Gasteiger partial charge in [0.2, 0.25) is 5.91 Å². The maximum absolute atomic E-state index is 10.7. The zero-order valence-corrected chi connectivity index (χ0v) is 9.12.